The molecule has 26 heavy (non-hydrogen) atoms. The van der Waals surface area contributed by atoms with Gasteiger partial charge >= 0.3 is 0 Å². The quantitative estimate of drug-likeness (QED) is 0.727. The molecule has 1 saturated carbocycles. The zero-order chi connectivity index (χ0) is 18.7. The van der Waals surface area contributed by atoms with Gasteiger partial charge in [-0.15, -0.1) is 6.42 Å². The number of nitrogens with zero attached hydrogens (tertiary/aromatic N) is 1. The van der Waals surface area contributed by atoms with E-state index in [2.05, 4.69) is 10.6 Å². The third-order valence-corrected chi connectivity index (χ3v) is 5.81. The molecular formula is C18H20N2O5S. The molecule has 0 spiro atoms. The van der Waals surface area contributed by atoms with E-state index in [1.54, 1.807) is 6.07 Å². The maximum absolute atomic E-state index is 12.8. The number of Topliss-reactive ketones (excluding diaryl/α,β-unsaturated/α-hetero) is 1. The predicted octanol–water partition coefficient (Wildman–Crippen LogP) is 0.418. The summed E-state index contributed by atoms with van der Waals surface area (Å²) in [6, 6.07) is 5.77. The first-order chi connectivity index (χ1) is 12.4. The molecule has 8 heteroatoms. The van der Waals surface area contributed by atoms with Gasteiger partial charge in [0.15, 0.2) is 5.78 Å². The largest absolute Gasteiger partial charge is 0.367 e. The van der Waals surface area contributed by atoms with Gasteiger partial charge in [0, 0.05) is 18.0 Å². The summed E-state index contributed by atoms with van der Waals surface area (Å²) in [7, 11) is -3.78. The Morgan fingerprint density at radius 1 is 1.35 bits per heavy atom. The Morgan fingerprint density at radius 3 is 2.81 bits per heavy atom. The predicted molar refractivity (Wildman–Crippen MR) is 93.8 cm³/mol. The number of amides is 1. The molecule has 1 N–H and O–H groups in total. The highest BCUT2D eigenvalue weighted by Gasteiger charge is 2.38. The van der Waals surface area contributed by atoms with Gasteiger partial charge in [-0.05, 0) is 31.0 Å². The first-order valence-corrected chi connectivity index (χ1v) is 9.88. The van der Waals surface area contributed by atoms with Crippen LogP contribution in [0.15, 0.2) is 29.2 Å². The van der Waals surface area contributed by atoms with Crippen LogP contribution in [0.25, 0.3) is 0 Å². The summed E-state index contributed by atoms with van der Waals surface area (Å²) in [6.45, 7) is 0.714. The van der Waals surface area contributed by atoms with Gasteiger partial charge in [0.25, 0.3) is 5.91 Å². The maximum atomic E-state index is 12.8. The first kappa shape index (κ1) is 18.6. The number of terminal acetylenes is 1. The van der Waals surface area contributed by atoms with Crippen molar-refractivity contribution in [2.75, 3.05) is 26.2 Å². The number of benzene rings is 1. The van der Waals surface area contributed by atoms with Gasteiger partial charge in [-0.1, -0.05) is 12.0 Å². The summed E-state index contributed by atoms with van der Waals surface area (Å²) in [5, 5.41) is 0. The normalized spacial score (nSPS) is 20.4. The smallest absolute Gasteiger partial charge is 0.254 e. The monoisotopic (exact) mass is 376 g/mol. The summed E-state index contributed by atoms with van der Waals surface area (Å²) in [5.74, 6) is 1.99. The molecule has 2 fully saturated rings. The van der Waals surface area contributed by atoms with Crippen molar-refractivity contribution in [2.24, 2.45) is 5.92 Å². The molecule has 1 amide bonds. The van der Waals surface area contributed by atoms with Crippen molar-refractivity contribution in [3.8, 4) is 12.3 Å². The third-order valence-electron chi connectivity index (χ3n) is 4.41. The number of nitrogens with one attached hydrogen (secondary N) is 1. The Hall–Kier alpha value is -2.21. The Morgan fingerprint density at radius 2 is 2.12 bits per heavy atom. The Labute approximate surface area is 152 Å². The highest BCUT2D eigenvalue weighted by atomic mass is 32.2. The van der Waals surface area contributed by atoms with E-state index in [9.17, 15) is 18.0 Å². The van der Waals surface area contributed by atoms with E-state index in [-0.39, 0.29) is 47.8 Å². The number of hydrogen-bond acceptors (Lipinski definition) is 5. The van der Waals surface area contributed by atoms with Crippen LogP contribution >= 0.6 is 0 Å². The van der Waals surface area contributed by atoms with Crippen LogP contribution in [0.2, 0.25) is 0 Å². The number of ketones is 1. The highest BCUT2D eigenvalue weighted by Crippen LogP contribution is 2.32. The average molecular weight is 376 g/mol. The first-order valence-electron chi connectivity index (χ1n) is 8.40. The molecule has 1 atom stereocenters. The van der Waals surface area contributed by atoms with Crippen molar-refractivity contribution in [1.29, 1.82) is 0 Å². The Bertz CT molecular complexity index is 855. The van der Waals surface area contributed by atoms with Gasteiger partial charge in [-0.2, -0.15) is 4.72 Å². The summed E-state index contributed by atoms with van der Waals surface area (Å²) >= 11 is 0. The van der Waals surface area contributed by atoms with Crippen molar-refractivity contribution < 1.29 is 22.7 Å². The van der Waals surface area contributed by atoms with Gasteiger partial charge in [0.05, 0.1) is 24.6 Å². The highest BCUT2D eigenvalue weighted by molar-refractivity contribution is 7.89. The summed E-state index contributed by atoms with van der Waals surface area (Å²) in [4.78, 5) is 26.4. The zero-order valence-electron chi connectivity index (χ0n) is 14.2. The van der Waals surface area contributed by atoms with Crippen LogP contribution < -0.4 is 4.72 Å². The summed E-state index contributed by atoms with van der Waals surface area (Å²) < 4.78 is 32.1. The second kappa shape index (κ2) is 7.58. The average Bonchev–Trinajstić information content (AvgIpc) is 3.50. The molecular weight excluding hydrogens is 356 g/mol. The summed E-state index contributed by atoms with van der Waals surface area (Å²) in [5.41, 5.74) is 0.244. The van der Waals surface area contributed by atoms with Crippen molar-refractivity contribution in [3.05, 3.63) is 29.8 Å². The molecule has 138 valence electrons. The van der Waals surface area contributed by atoms with E-state index < -0.39 is 16.1 Å². The Balaban J connectivity index is 1.74. The zero-order valence-corrected chi connectivity index (χ0v) is 15.0. The Kier molecular flexibility index (Phi) is 5.41. The van der Waals surface area contributed by atoms with E-state index >= 15 is 0 Å². The fourth-order valence-corrected chi connectivity index (χ4v) is 3.82. The van der Waals surface area contributed by atoms with Crippen LogP contribution in [0.5, 0.6) is 0 Å². The molecule has 1 aliphatic carbocycles. The van der Waals surface area contributed by atoms with Crippen LogP contribution in [-0.2, 0) is 19.6 Å². The molecule has 0 bridgehead atoms. The van der Waals surface area contributed by atoms with Crippen LogP contribution in [0.1, 0.15) is 23.2 Å². The number of ether oxygens (including phenoxy) is 1. The van der Waals surface area contributed by atoms with Crippen LogP contribution in [0.4, 0.5) is 0 Å². The van der Waals surface area contributed by atoms with Crippen molar-refractivity contribution in [3.63, 3.8) is 0 Å². The van der Waals surface area contributed by atoms with Crippen LogP contribution in [0, 0.1) is 18.3 Å². The van der Waals surface area contributed by atoms with E-state index in [4.69, 9.17) is 11.2 Å². The second-order valence-electron chi connectivity index (χ2n) is 6.34. The molecule has 1 aromatic rings. The molecule has 3 rings (SSSR count). The number of hydrogen-bond donors (Lipinski definition) is 1. The minimum absolute atomic E-state index is 0.0301. The number of carbonyl (C=O) groups is 2. The third kappa shape index (κ3) is 4.12. The number of morpholine rings is 1. The van der Waals surface area contributed by atoms with Gasteiger partial charge in [0.1, 0.15) is 6.10 Å². The van der Waals surface area contributed by atoms with Crippen LogP contribution in [-0.4, -0.2) is 57.4 Å². The van der Waals surface area contributed by atoms with Crippen molar-refractivity contribution >= 4 is 21.7 Å². The van der Waals surface area contributed by atoms with Gasteiger partial charge in [-0.3, -0.25) is 9.59 Å². The number of sulfonamides is 1. The van der Waals surface area contributed by atoms with Gasteiger partial charge in [-0.25, -0.2) is 8.42 Å². The van der Waals surface area contributed by atoms with Crippen LogP contribution in [0.3, 0.4) is 0 Å². The van der Waals surface area contributed by atoms with E-state index in [1.807, 2.05) is 0 Å². The standard InChI is InChI=1S/C18H20N2O5S/c1-2-8-19-26(23,24)15-5-3-4-14(11-15)18(22)20-9-10-25-16(12-20)17(21)13-6-7-13/h1,3-5,11,13,16,19H,6-10,12H2/t16-/m1/s1. The fourth-order valence-electron chi connectivity index (χ4n) is 2.84. The molecule has 1 aromatic carbocycles. The van der Waals surface area contributed by atoms with E-state index in [0.29, 0.717) is 6.54 Å². The molecule has 1 saturated heterocycles. The fraction of sp³-hybridized carbons (Fsp3) is 0.444. The lowest BCUT2D eigenvalue weighted by molar-refractivity contribution is -0.136. The van der Waals surface area contributed by atoms with E-state index in [1.165, 1.54) is 23.1 Å². The molecule has 0 unspecified atom stereocenters. The van der Waals surface area contributed by atoms with Gasteiger partial charge < -0.3 is 9.64 Å². The van der Waals surface area contributed by atoms with Crippen molar-refractivity contribution in [2.45, 2.75) is 23.8 Å². The lowest BCUT2D eigenvalue weighted by atomic mass is 10.1. The van der Waals surface area contributed by atoms with Crippen molar-refractivity contribution in [1.82, 2.24) is 9.62 Å². The molecule has 0 radical (unpaired) electrons. The number of rotatable bonds is 6. The minimum Gasteiger partial charge on any atom is -0.367 e. The molecule has 2 aliphatic rings. The summed E-state index contributed by atoms with van der Waals surface area (Å²) in [6.07, 6.45) is 6.25. The minimum atomic E-state index is -3.78. The molecule has 7 nitrogen and oxygen atoms in total. The SMILES string of the molecule is C#CCNS(=O)(=O)c1cccc(C(=O)N2CCO[C@@H](C(=O)C3CC3)C2)c1. The molecule has 1 heterocycles. The second-order valence-corrected chi connectivity index (χ2v) is 8.11. The lowest BCUT2D eigenvalue weighted by Crippen LogP contribution is -2.49. The molecule has 0 aromatic heterocycles. The lowest BCUT2D eigenvalue weighted by Gasteiger charge is -2.32. The topological polar surface area (TPSA) is 92.8 Å². The van der Waals surface area contributed by atoms with Gasteiger partial charge in [0.2, 0.25) is 10.0 Å². The van der Waals surface area contributed by atoms with E-state index in [0.717, 1.165) is 12.8 Å². The molecule has 1 aliphatic heterocycles. The maximum Gasteiger partial charge on any atom is 0.254 e. The number of carbonyl (C=O) groups excluding carboxylic acids is 2.